The number of halogens is 3. The molecule has 0 bridgehead atoms. The molecule has 2 heterocycles. The quantitative estimate of drug-likeness (QED) is 0.255. The minimum Gasteiger partial charge on any atom is -0.392 e. The number of aliphatic hydroxyl groups is 1. The Labute approximate surface area is 224 Å². The average Bonchev–Trinajstić information content (AvgIpc) is 3.61. The number of fused-ring (bicyclic) bond motifs is 1. The van der Waals surface area contributed by atoms with Crippen LogP contribution in [0.25, 0.3) is 28.2 Å². The molecule has 204 valence electrons. The number of hydrogen-bond acceptors (Lipinski definition) is 5. The molecule has 3 N–H and O–H groups in total. The molecule has 0 aliphatic heterocycles. The molecule has 1 aliphatic carbocycles. The van der Waals surface area contributed by atoms with E-state index in [1.807, 2.05) is 44.2 Å². The van der Waals surface area contributed by atoms with Crippen LogP contribution in [0.4, 0.5) is 18.9 Å². The lowest BCUT2D eigenvalue weighted by atomic mass is 10.0. The van der Waals surface area contributed by atoms with Gasteiger partial charge in [0.25, 0.3) is 5.91 Å². The molecule has 0 saturated heterocycles. The minimum absolute atomic E-state index is 0.108. The van der Waals surface area contributed by atoms with Crippen LogP contribution in [-0.4, -0.2) is 44.4 Å². The van der Waals surface area contributed by atoms with Crippen LogP contribution >= 0.6 is 0 Å². The number of benzene rings is 2. The normalized spacial score (nSPS) is 13.6. The second kappa shape index (κ2) is 10.7. The fraction of sp³-hybridized carbons (Fsp3) is 0.345. The fourth-order valence-corrected chi connectivity index (χ4v) is 4.58. The lowest BCUT2D eigenvalue weighted by Gasteiger charge is -2.14. The number of amides is 1. The van der Waals surface area contributed by atoms with Crippen LogP contribution in [-0.2, 0) is 13.0 Å². The standard InChI is InChI=1S/C29H30F3N5O2/c1-3-18-4-8-23(20(13-18)16-38)24-14-25(33-11-10-29(30,31)32)27-34-15-26(37(27)36-24)19-5-9-22(17(2)12-19)28(39)35-21-6-7-21/h4-5,8-9,12-15,21,33,38H,3,6-7,10-11,16H2,1-2H3,(H,35,39). The van der Waals surface area contributed by atoms with Crippen molar-refractivity contribution in [2.45, 2.75) is 58.4 Å². The Morgan fingerprint density at radius 3 is 2.62 bits per heavy atom. The number of aromatic nitrogens is 3. The van der Waals surface area contributed by atoms with Crippen molar-refractivity contribution in [2.24, 2.45) is 0 Å². The molecule has 39 heavy (non-hydrogen) atoms. The molecule has 1 aliphatic rings. The number of anilines is 1. The highest BCUT2D eigenvalue weighted by Gasteiger charge is 2.27. The molecule has 2 aromatic carbocycles. The summed E-state index contributed by atoms with van der Waals surface area (Å²) in [6, 6.07) is 13.1. The Hall–Kier alpha value is -3.92. The smallest absolute Gasteiger partial charge is 0.390 e. The van der Waals surface area contributed by atoms with Gasteiger partial charge in [0.15, 0.2) is 5.65 Å². The molecular formula is C29H30F3N5O2. The van der Waals surface area contributed by atoms with Gasteiger partial charge in [-0.05, 0) is 61.1 Å². The van der Waals surface area contributed by atoms with Crippen molar-refractivity contribution in [3.8, 4) is 22.5 Å². The van der Waals surface area contributed by atoms with Gasteiger partial charge in [0.1, 0.15) is 0 Å². The predicted octanol–water partition coefficient (Wildman–Crippen LogP) is 5.68. The van der Waals surface area contributed by atoms with Crippen LogP contribution in [0, 0.1) is 6.92 Å². The van der Waals surface area contributed by atoms with E-state index in [9.17, 15) is 23.1 Å². The van der Waals surface area contributed by atoms with Crippen LogP contribution < -0.4 is 10.6 Å². The zero-order chi connectivity index (χ0) is 27.7. The van der Waals surface area contributed by atoms with E-state index in [2.05, 4.69) is 15.6 Å². The van der Waals surface area contributed by atoms with Crippen molar-refractivity contribution < 1.29 is 23.1 Å². The third-order valence-electron chi connectivity index (χ3n) is 6.90. The van der Waals surface area contributed by atoms with Crippen molar-refractivity contribution in [2.75, 3.05) is 11.9 Å². The van der Waals surface area contributed by atoms with Gasteiger partial charge < -0.3 is 15.7 Å². The Balaban J connectivity index is 1.59. The molecular weight excluding hydrogens is 507 g/mol. The van der Waals surface area contributed by atoms with E-state index in [-0.39, 0.29) is 25.1 Å². The van der Waals surface area contributed by atoms with Crippen LogP contribution in [0.15, 0.2) is 48.7 Å². The van der Waals surface area contributed by atoms with Crippen LogP contribution in [0.1, 0.15) is 53.2 Å². The zero-order valence-corrected chi connectivity index (χ0v) is 21.8. The highest BCUT2D eigenvalue weighted by atomic mass is 19.4. The molecule has 10 heteroatoms. The van der Waals surface area contributed by atoms with Crippen molar-refractivity contribution in [3.63, 3.8) is 0 Å². The maximum Gasteiger partial charge on any atom is 0.390 e. The van der Waals surface area contributed by atoms with Gasteiger partial charge in [0.2, 0.25) is 0 Å². The number of carbonyl (C=O) groups is 1. The molecule has 0 atom stereocenters. The molecule has 7 nitrogen and oxygen atoms in total. The second-order valence-corrected chi connectivity index (χ2v) is 9.89. The number of nitrogens with zero attached hydrogens (tertiary/aromatic N) is 3. The number of alkyl halides is 3. The van der Waals surface area contributed by atoms with E-state index in [1.165, 1.54) is 0 Å². The molecule has 2 aromatic heterocycles. The average molecular weight is 538 g/mol. The third-order valence-corrected chi connectivity index (χ3v) is 6.90. The number of hydrogen-bond donors (Lipinski definition) is 3. The lowest BCUT2D eigenvalue weighted by molar-refractivity contribution is -0.131. The first-order chi connectivity index (χ1) is 18.7. The number of carbonyl (C=O) groups excluding carboxylic acids is 1. The maximum absolute atomic E-state index is 12.9. The van der Waals surface area contributed by atoms with Crippen molar-refractivity contribution in [1.29, 1.82) is 0 Å². The third kappa shape index (κ3) is 5.90. The summed E-state index contributed by atoms with van der Waals surface area (Å²) in [5.74, 6) is -0.108. The number of rotatable bonds is 9. The summed E-state index contributed by atoms with van der Waals surface area (Å²) in [5, 5.41) is 20.7. The van der Waals surface area contributed by atoms with Gasteiger partial charge >= 0.3 is 6.18 Å². The zero-order valence-electron chi connectivity index (χ0n) is 21.8. The molecule has 1 amide bonds. The van der Waals surface area contributed by atoms with Gasteiger partial charge in [-0.1, -0.05) is 31.2 Å². The van der Waals surface area contributed by atoms with Crippen molar-refractivity contribution >= 4 is 17.2 Å². The Morgan fingerprint density at radius 1 is 1.15 bits per heavy atom. The van der Waals surface area contributed by atoms with Gasteiger partial charge in [-0.25, -0.2) is 9.50 Å². The molecule has 5 rings (SSSR count). The molecule has 0 unspecified atom stereocenters. The topological polar surface area (TPSA) is 91.6 Å². The fourth-order valence-electron chi connectivity index (χ4n) is 4.58. The van der Waals surface area contributed by atoms with Crippen molar-refractivity contribution in [1.82, 2.24) is 19.9 Å². The second-order valence-electron chi connectivity index (χ2n) is 9.89. The minimum atomic E-state index is -4.30. The summed E-state index contributed by atoms with van der Waals surface area (Å²) in [5.41, 5.74) is 6.43. The van der Waals surface area contributed by atoms with E-state index in [0.29, 0.717) is 39.4 Å². The maximum atomic E-state index is 12.9. The number of nitrogens with one attached hydrogen (secondary N) is 2. The van der Waals surface area contributed by atoms with Crippen molar-refractivity contribution in [3.05, 3.63) is 70.9 Å². The Morgan fingerprint density at radius 2 is 1.95 bits per heavy atom. The summed E-state index contributed by atoms with van der Waals surface area (Å²) in [7, 11) is 0. The van der Waals surface area contributed by atoms with E-state index < -0.39 is 12.6 Å². The molecule has 0 radical (unpaired) electrons. The first-order valence-electron chi connectivity index (χ1n) is 13.0. The molecule has 1 saturated carbocycles. The SMILES string of the molecule is CCc1ccc(-c2cc(NCCC(F)(F)F)c3ncc(-c4ccc(C(=O)NC5CC5)c(C)c4)n3n2)c(CO)c1. The highest BCUT2D eigenvalue weighted by Crippen LogP contribution is 2.32. The summed E-state index contributed by atoms with van der Waals surface area (Å²) < 4.78 is 40.2. The first kappa shape index (κ1) is 26.7. The Kier molecular flexibility index (Phi) is 7.31. The first-order valence-corrected chi connectivity index (χ1v) is 13.0. The monoisotopic (exact) mass is 537 g/mol. The lowest BCUT2D eigenvalue weighted by Crippen LogP contribution is -2.26. The van der Waals surface area contributed by atoms with Gasteiger partial charge in [-0.2, -0.15) is 18.3 Å². The van der Waals surface area contributed by atoms with E-state index in [0.717, 1.165) is 36.0 Å². The van der Waals surface area contributed by atoms with Gasteiger partial charge in [-0.15, -0.1) is 0 Å². The van der Waals surface area contributed by atoms with E-state index >= 15 is 0 Å². The van der Waals surface area contributed by atoms with E-state index in [1.54, 1.807) is 22.8 Å². The van der Waals surface area contributed by atoms with Crippen LogP contribution in [0.2, 0.25) is 0 Å². The summed E-state index contributed by atoms with van der Waals surface area (Å²) in [6.45, 7) is 3.35. The predicted molar refractivity (Wildman–Crippen MR) is 144 cm³/mol. The molecule has 4 aromatic rings. The summed E-state index contributed by atoms with van der Waals surface area (Å²) in [6.07, 6.45) is -0.892. The molecule has 0 spiro atoms. The van der Waals surface area contributed by atoms with Crippen LogP contribution in [0.3, 0.4) is 0 Å². The number of aryl methyl sites for hydroxylation is 2. The molecule has 1 fully saturated rings. The summed E-state index contributed by atoms with van der Waals surface area (Å²) in [4.78, 5) is 17.1. The summed E-state index contributed by atoms with van der Waals surface area (Å²) >= 11 is 0. The number of imidazole rings is 1. The highest BCUT2D eigenvalue weighted by molar-refractivity contribution is 5.96. The Bertz CT molecular complexity index is 1530. The van der Waals surface area contributed by atoms with Gasteiger partial charge in [0.05, 0.1) is 36.3 Å². The van der Waals surface area contributed by atoms with Gasteiger partial charge in [-0.3, -0.25) is 4.79 Å². The number of aliphatic hydroxyl groups excluding tert-OH is 1. The largest absolute Gasteiger partial charge is 0.392 e. The van der Waals surface area contributed by atoms with E-state index in [4.69, 9.17) is 5.10 Å². The van der Waals surface area contributed by atoms with Gasteiger partial charge in [0, 0.05) is 29.3 Å². The van der Waals surface area contributed by atoms with Crippen LogP contribution in [0.5, 0.6) is 0 Å².